The van der Waals surface area contributed by atoms with Crippen LogP contribution in [0.4, 0.5) is 0 Å². The Bertz CT molecular complexity index is 20.9. The predicted molar refractivity (Wildman–Crippen MR) is 27.7 cm³/mol. The van der Waals surface area contributed by atoms with E-state index in [1.54, 1.807) is 0 Å². The van der Waals surface area contributed by atoms with E-state index >= 15 is 0 Å². The summed E-state index contributed by atoms with van der Waals surface area (Å²) in [7, 11) is 0. The summed E-state index contributed by atoms with van der Waals surface area (Å²) in [5.74, 6) is 0. The molecule has 0 aliphatic heterocycles. The topological polar surface area (TPSA) is 17.1 Å². The molecule has 0 amide bonds. The average Bonchev–Trinajstić information content (AvgIpc) is 1.37. The molecule has 0 aromatic heterocycles. The summed E-state index contributed by atoms with van der Waals surface area (Å²) < 4.78 is 0. The van der Waals surface area contributed by atoms with Gasteiger partial charge in [-0.25, -0.2) is 0 Å². The molecule has 0 aliphatic carbocycles. The van der Waals surface area contributed by atoms with Crippen LogP contribution in [0.2, 0.25) is 0 Å². The molecule has 0 saturated heterocycles. The summed E-state index contributed by atoms with van der Waals surface area (Å²) in [6.45, 7) is 1.81. The van der Waals surface area contributed by atoms with Gasteiger partial charge in [0.2, 0.25) is 0 Å². The van der Waals surface area contributed by atoms with E-state index in [0.717, 1.165) is 6.29 Å². The fourth-order valence-corrected chi connectivity index (χ4v) is 0. The van der Waals surface area contributed by atoms with E-state index in [1.807, 2.05) is 6.92 Å². The average molecular weight is 135 g/mol. The van der Waals surface area contributed by atoms with Gasteiger partial charge in [-0.1, -0.05) is 6.92 Å². The zero-order valence-electron chi connectivity index (χ0n) is 2.69. The molecule has 0 aromatic rings. The maximum absolute atomic E-state index is 9.17. The second kappa shape index (κ2) is 8.88. The number of rotatable bonds is 1. The summed E-state index contributed by atoms with van der Waals surface area (Å²) in [5.41, 5.74) is 0. The summed E-state index contributed by atoms with van der Waals surface area (Å²) >= 11 is 0. The predicted octanol–water partition coefficient (Wildman–Crippen LogP) is -0.856. The fourth-order valence-electron chi connectivity index (χ4n) is 0. The minimum atomic E-state index is 0. The first-order chi connectivity index (χ1) is 1.91. The van der Waals surface area contributed by atoms with E-state index in [1.165, 1.54) is 0 Å². The second-order valence-electron chi connectivity index (χ2n) is 0.575. The maximum atomic E-state index is 9.17. The summed E-state index contributed by atoms with van der Waals surface area (Å²) in [6.07, 6.45) is 1.51. The summed E-state index contributed by atoms with van der Waals surface area (Å²) in [6, 6.07) is 0. The van der Waals surface area contributed by atoms with Crippen molar-refractivity contribution in [1.29, 1.82) is 0 Å². The molecule has 0 unspecified atom stereocenters. The first kappa shape index (κ1) is 8.96. The number of hydrogen-bond donors (Lipinski definition) is 0. The Balaban J connectivity index is 0. The third-order valence-electron chi connectivity index (χ3n) is 0.167. The van der Waals surface area contributed by atoms with Gasteiger partial charge in [-0.05, 0) is 0 Å². The molecule has 0 fully saturated rings. The number of carbonyl (C=O) groups is 1. The van der Waals surface area contributed by atoms with Crippen molar-refractivity contribution in [3.05, 3.63) is 0 Å². The van der Waals surface area contributed by atoms with Crippen LogP contribution >= 0.6 is 0 Å². The van der Waals surface area contributed by atoms with Crippen LogP contribution < -0.4 is 0 Å². The molecule has 0 heterocycles. The Labute approximate surface area is 42.7 Å². The SMILES string of the molecule is CCC=O.[GeH4]. The molecular formula is C3H10GeO. The first-order valence-corrected chi connectivity index (χ1v) is 1.35. The van der Waals surface area contributed by atoms with Crippen molar-refractivity contribution in [3.8, 4) is 0 Å². The van der Waals surface area contributed by atoms with Gasteiger partial charge in [-0.15, -0.1) is 0 Å². The zero-order chi connectivity index (χ0) is 3.41. The molecule has 0 bridgehead atoms. The third-order valence-corrected chi connectivity index (χ3v) is 0.167. The van der Waals surface area contributed by atoms with Crippen LogP contribution in [-0.2, 0) is 4.79 Å². The van der Waals surface area contributed by atoms with E-state index in [-0.39, 0.29) is 17.6 Å². The Hall–Kier alpha value is 0.213. The minimum absolute atomic E-state index is 0. The number of hydrogen-bond acceptors (Lipinski definition) is 1. The molecule has 0 radical (unpaired) electrons. The van der Waals surface area contributed by atoms with Gasteiger partial charge in [-0.2, -0.15) is 0 Å². The van der Waals surface area contributed by atoms with Crippen molar-refractivity contribution < 1.29 is 4.79 Å². The van der Waals surface area contributed by atoms with E-state index in [9.17, 15) is 4.79 Å². The van der Waals surface area contributed by atoms with Crippen LogP contribution in [0.5, 0.6) is 0 Å². The van der Waals surface area contributed by atoms with E-state index < -0.39 is 0 Å². The van der Waals surface area contributed by atoms with Crippen molar-refractivity contribution >= 4 is 23.9 Å². The van der Waals surface area contributed by atoms with Crippen LogP contribution in [-0.4, -0.2) is 23.9 Å². The molecule has 5 heavy (non-hydrogen) atoms. The monoisotopic (exact) mass is 136 g/mol. The standard InChI is InChI=1S/C3H6O.GeH4/c1-2-3-4;/h3H,2H2,1H3;1H4. The zero-order valence-corrected chi connectivity index (χ0v) is 2.69. The van der Waals surface area contributed by atoms with Gasteiger partial charge in [0, 0.05) is 6.42 Å². The van der Waals surface area contributed by atoms with Crippen LogP contribution in [0, 0.1) is 0 Å². The van der Waals surface area contributed by atoms with Gasteiger partial charge in [0.05, 0.1) is 0 Å². The van der Waals surface area contributed by atoms with E-state index in [4.69, 9.17) is 0 Å². The van der Waals surface area contributed by atoms with Crippen LogP contribution in [0.3, 0.4) is 0 Å². The van der Waals surface area contributed by atoms with E-state index in [0.29, 0.717) is 6.42 Å². The number of aldehydes is 1. The van der Waals surface area contributed by atoms with Crippen molar-refractivity contribution in [2.24, 2.45) is 0 Å². The van der Waals surface area contributed by atoms with Crippen molar-refractivity contribution in [3.63, 3.8) is 0 Å². The fraction of sp³-hybridized carbons (Fsp3) is 0.667. The van der Waals surface area contributed by atoms with Gasteiger partial charge in [0.15, 0.2) is 0 Å². The molecule has 0 aromatic carbocycles. The Morgan fingerprint density at radius 3 is 2.00 bits per heavy atom. The first-order valence-electron chi connectivity index (χ1n) is 1.35. The molecule has 0 spiro atoms. The third kappa shape index (κ3) is 14.0. The van der Waals surface area contributed by atoms with Gasteiger partial charge in [-0.3, -0.25) is 0 Å². The summed E-state index contributed by atoms with van der Waals surface area (Å²) in [4.78, 5) is 9.17. The molecule has 0 atom stereocenters. The van der Waals surface area contributed by atoms with Gasteiger partial charge in [0.1, 0.15) is 6.29 Å². The normalized spacial score (nSPS) is 5.00. The molecule has 1 nitrogen and oxygen atoms in total. The molecule has 0 rings (SSSR count). The number of carbonyl (C=O) groups excluding carboxylic acids is 1. The molecular weight excluding hydrogens is 125 g/mol. The Morgan fingerprint density at radius 1 is 1.80 bits per heavy atom. The quantitative estimate of drug-likeness (QED) is 0.337. The van der Waals surface area contributed by atoms with Gasteiger partial charge in [0.25, 0.3) is 0 Å². The van der Waals surface area contributed by atoms with Crippen molar-refractivity contribution in [1.82, 2.24) is 0 Å². The summed E-state index contributed by atoms with van der Waals surface area (Å²) in [5, 5.41) is 0. The van der Waals surface area contributed by atoms with Gasteiger partial charge < -0.3 is 4.79 Å². The van der Waals surface area contributed by atoms with Crippen LogP contribution in [0.1, 0.15) is 13.3 Å². The van der Waals surface area contributed by atoms with E-state index in [2.05, 4.69) is 0 Å². The Kier molecular flexibility index (Phi) is 15.9. The Morgan fingerprint density at radius 2 is 2.00 bits per heavy atom. The molecule has 0 aliphatic rings. The van der Waals surface area contributed by atoms with Crippen molar-refractivity contribution in [2.75, 3.05) is 0 Å². The van der Waals surface area contributed by atoms with Crippen LogP contribution in [0.15, 0.2) is 0 Å². The second-order valence-corrected chi connectivity index (χ2v) is 0.575. The molecule has 0 N–H and O–H groups in total. The van der Waals surface area contributed by atoms with Gasteiger partial charge >= 0.3 is 17.6 Å². The molecule has 32 valence electrons. The van der Waals surface area contributed by atoms with Crippen molar-refractivity contribution in [2.45, 2.75) is 13.3 Å². The molecule has 2 heteroatoms. The van der Waals surface area contributed by atoms with Crippen LogP contribution in [0.25, 0.3) is 0 Å². The molecule has 0 saturated carbocycles.